The maximum Gasteiger partial charge on any atom is 0.191 e. The third-order valence-electron chi connectivity index (χ3n) is 3.66. The molecule has 2 rings (SSSR count). The quantitative estimate of drug-likeness (QED) is 0.430. The predicted molar refractivity (Wildman–Crippen MR) is 97.9 cm³/mol. The van der Waals surface area contributed by atoms with Crippen LogP contribution in [-0.2, 0) is 6.42 Å². The van der Waals surface area contributed by atoms with Crippen molar-refractivity contribution in [2.75, 3.05) is 33.9 Å². The number of rotatable bonds is 8. The zero-order chi connectivity index (χ0) is 18.8. The zero-order valence-corrected chi connectivity index (χ0v) is 14.9. The van der Waals surface area contributed by atoms with Crippen LogP contribution in [0, 0.1) is 11.6 Å². The molecule has 0 aliphatic heterocycles. The molecule has 0 spiro atoms. The van der Waals surface area contributed by atoms with E-state index in [1.165, 1.54) is 6.07 Å². The van der Waals surface area contributed by atoms with Crippen molar-refractivity contribution in [3.8, 4) is 11.5 Å². The van der Waals surface area contributed by atoms with Gasteiger partial charge in [-0.2, -0.15) is 0 Å². The first kappa shape index (κ1) is 19.5. The van der Waals surface area contributed by atoms with E-state index in [1.54, 1.807) is 14.2 Å². The van der Waals surface area contributed by atoms with Crippen LogP contribution in [0.1, 0.15) is 5.56 Å². The van der Waals surface area contributed by atoms with Crippen molar-refractivity contribution >= 4 is 5.96 Å². The molecule has 0 aliphatic rings. The van der Waals surface area contributed by atoms with E-state index in [0.29, 0.717) is 19.0 Å². The minimum absolute atomic E-state index is 0.282. The zero-order valence-electron chi connectivity index (χ0n) is 14.9. The van der Waals surface area contributed by atoms with Gasteiger partial charge >= 0.3 is 0 Å². The minimum Gasteiger partial charge on any atom is -0.496 e. The number of hydrogen-bond donors (Lipinski definition) is 2. The molecule has 0 bridgehead atoms. The maximum atomic E-state index is 13.1. The summed E-state index contributed by atoms with van der Waals surface area (Å²) in [6.07, 6.45) is 0.788. The molecule has 7 heteroatoms. The van der Waals surface area contributed by atoms with E-state index in [4.69, 9.17) is 9.47 Å². The van der Waals surface area contributed by atoms with Crippen LogP contribution in [0.3, 0.4) is 0 Å². The molecule has 0 radical (unpaired) electrons. The van der Waals surface area contributed by atoms with Crippen LogP contribution < -0.4 is 20.1 Å². The van der Waals surface area contributed by atoms with Crippen LogP contribution in [0.15, 0.2) is 47.5 Å². The first-order valence-electron chi connectivity index (χ1n) is 8.28. The number of halogens is 2. The van der Waals surface area contributed by atoms with Gasteiger partial charge in [0, 0.05) is 19.7 Å². The van der Waals surface area contributed by atoms with E-state index < -0.39 is 11.6 Å². The Hall–Kier alpha value is -2.83. The lowest BCUT2D eigenvalue weighted by Crippen LogP contribution is -2.40. The highest BCUT2D eigenvalue weighted by Gasteiger charge is 2.04. The number of aliphatic imine (C=N–C) groups is 1. The van der Waals surface area contributed by atoms with Crippen molar-refractivity contribution < 1.29 is 18.3 Å². The second kappa shape index (κ2) is 10.2. The molecule has 0 atom stereocenters. The second-order valence-corrected chi connectivity index (χ2v) is 5.41. The van der Waals surface area contributed by atoms with Crippen LogP contribution in [0.4, 0.5) is 8.78 Å². The molecule has 2 aromatic rings. The Balaban J connectivity index is 1.70. The number of para-hydroxylation sites is 1. The summed E-state index contributed by atoms with van der Waals surface area (Å²) in [6, 6.07) is 11.3. The third kappa shape index (κ3) is 5.91. The standard InChI is InChI=1S/C19H23F2N3O2/c1-22-19(23-10-9-14-5-3-4-6-18(14)25-2)24-11-12-26-15-7-8-16(20)17(21)13-15/h3-8,13H,9-12H2,1-2H3,(H2,22,23,24). The fourth-order valence-corrected chi connectivity index (χ4v) is 2.35. The van der Waals surface area contributed by atoms with Gasteiger partial charge in [0.15, 0.2) is 17.6 Å². The number of benzene rings is 2. The first-order chi connectivity index (χ1) is 12.6. The lowest BCUT2D eigenvalue weighted by atomic mass is 10.1. The second-order valence-electron chi connectivity index (χ2n) is 5.41. The number of ether oxygens (including phenoxy) is 2. The Labute approximate surface area is 152 Å². The van der Waals surface area contributed by atoms with Crippen LogP contribution >= 0.6 is 0 Å². The summed E-state index contributed by atoms with van der Waals surface area (Å²) in [6.45, 7) is 1.44. The lowest BCUT2D eigenvalue weighted by molar-refractivity contribution is 0.318. The molecule has 0 fully saturated rings. The van der Waals surface area contributed by atoms with Gasteiger partial charge in [0.1, 0.15) is 18.1 Å². The number of guanidine groups is 1. The summed E-state index contributed by atoms with van der Waals surface area (Å²) in [5.41, 5.74) is 1.11. The molecule has 0 saturated carbocycles. The number of nitrogens with zero attached hydrogens (tertiary/aromatic N) is 1. The molecular weight excluding hydrogens is 340 g/mol. The number of hydrogen-bond acceptors (Lipinski definition) is 3. The van der Waals surface area contributed by atoms with Gasteiger partial charge in [-0.25, -0.2) is 8.78 Å². The van der Waals surface area contributed by atoms with Gasteiger partial charge in [-0.05, 0) is 30.2 Å². The minimum atomic E-state index is -0.927. The van der Waals surface area contributed by atoms with Gasteiger partial charge in [0.05, 0.1) is 13.7 Å². The summed E-state index contributed by atoms with van der Waals surface area (Å²) < 4.78 is 36.6. The monoisotopic (exact) mass is 363 g/mol. The topological polar surface area (TPSA) is 54.9 Å². The van der Waals surface area contributed by atoms with Crippen LogP contribution in [0.2, 0.25) is 0 Å². The summed E-state index contributed by atoms with van der Waals surface area (Å²) in [4.78, 5) is 4.13. The van der Waals surface area contributed by atoms with Gasteiger partial charge in [-0.3, -0.25) is 4.99 Å². The van der Waals surface area contributed by atoms with Crippen LogP contribution in [0.25, 0.3) is 0 Å². The molecule has 0 unspecified atom stereocenters. The molecule has 2 aromatic carbocycles. The SMILES string of the molecule is CN=C(NCCOc1ccc(F)c(F)c1)NCCc1ccccc1OC. The Bertz CT molecular complexity index is 738. The molecule has 0 amide bonds. The van der Waals surface area contributed by atoms with Gasteiger partial charge in [-0.15, -0.1) is 0 Å². The Morgan fingerprint density at radius 2 is 1.81 bits per heavy atom. The summed E-state index contributed by atoms with van der Waals surface area (Å²) >= 11 is 0. The van der Waals surface area contributed by atoms with Crippen molar-refractivity contribution in [1.82, 2.24) is 10.6 Å². The third-order valence-corrected chi connectivity index (χ3v) is 3.66. The van der Waals surface area contributed by atoms with Crippen molar-refractivity contribution in [2.24, 2.45) is 4.99 Å². The van der Waals surface area contributed by atoms with E-state index in [9.17, 15) is 8.78 Å². The van der Waals surface area contributed by atoms with E-state index in [2.05, 4.69) is 15.6 Å². The predicted octanol–water partition coefficient (Wildman–Crippen LogP) is 2.76. The molecule has 140 valence electrons. The number of nitrogens with one attached hydrogen (secondary N) is 2. The summed E-state index contributed by atoms with van der Waals surface area (Å²) in [7, 11) is 3.33. The van der Waals surface area contributed by atoms with Gasteiger partial charge in [0.25, 0.3) is 0 Å². The van der Waals surface area contributed by atoms with Crippen LogP contribution in [-0.4, -0.2) is 39.8 Å². The van der Waals surface area contributed by atoms with Crippen molar-refractivity contribution in [3.63, 3.8) is 0 Å². The summed E-state index contributed by atoms with van der Waals surface area (Å²) in [5.74, 6) is -0.0461. The average molecular weight is 363 g/mol. The largest absolute Gasteiger partial charge is 0.496 e. The fraction of sp³-hybridized carbons (Fsp3) is 0.316. The molecule has 5 nitrogen and oxygen atoms in total. The van der Waals surface area contributed by atoms with Crippen molar-refractivity contribution in [1.29, 1.82) is 0 Å². The highest BCUT2D eigenvalue weighted by atomic mass is 19.2. The van der Waals surface area contributed by atoms with Crippen molar-refractivity contribution in [3.05, 3.63) is 59.7 Å². The normalized spacial score (nSPS) is 11.2. The first-order valence-corrected chi connectivity index (χ1v) is 8.28. The molecule has 26 heavy (non-hydrogen) atoms. The van der Waals surface area contributed by atoms with E-state index in [0.717, 1.165) is 29.9 Å². The fourth-order valence-electron chi connectivity index (χ4n) is 2.35. The molecule has 0 heterocycles. The maximum absolute atomic E-state index is 13.1. The Morgan fingerprint density at radius 1 is 1.04 bits per heavy atom. The summed E-state index contributed by atoms with van der Waals surface area (Å²) in [5, 5.41) is 6.30. The van der Waals surface area contributed by atoms with E-state index >= 15 is 0 Å². The average Bonchev–Trinajstić information content (AvgIpc) is 2.66. The number of methoxy groups -OCH3 is 1. The molecule has 0 aromatic heterocycles. The highest BCUT2D eigenvalue weighted by Crippen LogP contribution is 2.17. The van der Waals surface area contributed by atoms with E-state index in [-0.39, 0.29) is 12.4 Å². The smallest absolute Gasteiger partial charge is 0.191 e. The van der Waals surface area contributed by atoms with E-state index in [1.807, 2.05) is 24.3 Å². The van der Waals surface area contributed by atoms with Gasteiger partial charge in [-0.1, -0.05) is 18.2 Å². The lowest BCUT2D eigenvalue weighted by Gasteiger charge is -2.13. The highest BCUT2D eigenvalue weighted by molar-refractivity contribution is 5.79. The molecular formula is C19H23F2N3O2. The Kier molecular flexibility index (Phi) is 7.67. The van der Waals surface area contributed by atoms with Crippen molar-refractivity contribution in [2.45, 2.75) is 6.42 Å². The van der Waals surface area contributed by atoms with Crippen LogP contribution in [0.5, 0.6) is 11.5 Å². The molecule has 0 saturated heterocycles. The Morgan fingerprint density at radius 3 is 2.54 bits per heavy atom. The molecule has 2 N–H and O–H groups in total. The van der Waals surface area contributed by atoms with Gasteiger partial charge in [0.2, 0.25) is 0 Å². The molecule has 0 aliphatic carbocycles. The van der Waals surface area contributed by atoms with Gasteiger partial charge < -0.3 is 20.1 Å².